The molecule has 0 atom stereocenters. The van der Waals surface area contributed by atoms with Gasteiger partial charge >= 0.3 is 0 Å². The van der Waals surface area contributed by atoms with E-state index in [0.29, 0.717) is 0 Å². The van der Waals surface area contributed by atoms with Gasteiger partial charge in [0.15, 0.2) is 0 Å². The van der Waals surface area contributed by atoms with Gasteiger partial charge in [-0.3, -0.25) is 4.98 Å². The van der Waals surface area contributed by atoms with Gasteiger partial charge < -0.3 is 4.90 Å². The highest BCUT2D eigenvalue weighted by atomic mass is 32.1. The molecule has 0 N–H and O–H groups in total. The van der Waals surface area contributed by atoms with Gasteiger partial charge in [-0.2, -0.15) is 0 Å². The molecule has 0 saturated heterocycles. The third-order valence-electron chi connectivity index (χ3n) is 8.69. The van der Waals surface area contributed by atoms with Gasteiger partial charge in [0, 0.05) is 33.0 Å². The standard InChI is InChI=1S/C41H26N2S/c1-2-9-27(10-3-1)28-16-19-30(20-17-28)43(31-21-23-36-40(25-31)44-39-15-8-24-42-41(36)39)38-26-37-32-12-5-4-11-29(32)18-22-34(37)33-13-6-7-14-35(33)38/h1-26H. The average molecular weight is 579 g/mol. The minimum atomic E-state index is 1.07. The first-order valence-corrected chi connectivity index (χ1v) is 15.7. The maximum atomic E-state index is 4.70. The zero-order valence-electron chi connectivity index (χ0n) is 23.8. The van der Waals surface area contributed by atoms with Crippen molar-refractivity contribution < 1.29 is 0 Å². The highest BCUT2D eigenvalue weighted by Gasteiger charge is 2.19. The van der Waals surface area contributed by atoms with Crippen LogP contribution < -0.4 is 4.90 Å². The number of fused-ring (bicyclic) bond motifs is 8. The van der Waals surface area contributed by atoms with Crippen molar-refractivity contribution in [2.24, 2.45) is 0 Å². The number of hydrogen-bond donors (Lipinski definition) is 0. The fourth-order valence-corrected chi connectivity index (χ4v) is 7.71. The van der Waals surface area contributed by atoms with Crippen molar-refractivity contribution in [3.63, 3.8) is 0 Å². The van der Waals surface area contributed by atoms with Gasteiger partial charge in [0.25, 0.3) is 0 Å². The fourth-order valence-electron chi connectivity index (χ4n) is 6.61. The Morgan fingerprint density at radius 2 is 1.11 bits per heavy atom. The monoisotopic (exact) mass is 578 g/mol. The predicted octanol–water partition coefficient (Wildman–Crippen LogP) is 12.0. The minimum absolute atomic E-state index is 1.07. The van der Waals surface area contributed by atoms with Crippen molar-refractivity contribution in [3.05, 3.63) is 158 Å². The first kappa shape index (κ1) is 25.0. The van der Waals surface area contributed by atoms with Gasteiger partial charge in [0.1, 0.15) is 0 Å². The molecule has 44 heavy (non-hydrogen) atoms. The largest absolute Gasteiger partial charge is 0.310 e. The minimum Gasteiger partial charge on any atom is -0.310 e. The summed E-state index contributed by atoms with van der Waals surface area (Å²) in [7, 11) is 0. The lowest BCUT2D eigenvalue weighted by molar-refractivity contribution is 1.31. The van der Waals surface area contributed by atoms with E-state index in [-0.39, 0.29) is 0 Å². The van der Waals surface area contributed by atoms with Crippen LogP contribution in [0.2, 0.25) is 0 Å². The molecule has 0 aliphatic heterocycles. The van der Waals surface area contributed by atoms with Crippen LogP contribution >= 0.6 is 11.3 Å². The van der Waals surface area contributed by atoms with E-state index in [0.717, 1.165) is 22.6 Å². The lowest BCUT2D eigenvalue weighted by Gasteiger charge is -2.28. The molecule has 0 unspecified atom stereocenters. The summed E-state index contributed by atoms with van der Waals surface area (Å²) >= 11 is 1.80. The summed E-state index contributed by atoms with van der Waals surface area (Å²) in [5.74, 6) is 0. The molecule has 0 aliphatic carbocycles. The number of rotatable bonds is 4. The van der Waals surface area contributed by atoms with E-state index in [2.05, 4.69) is 150 Å². The molecule has 3 heteroatoms. The molecule has 0 bridgehead atoms. The van der Waals surface area contributed by atoms with Crippen molar-refractivity contribution in [2.45, 2.75) is 0 Å². The Labute approximate surface area is 259 Å². The van der Waals surface area contributed by atoms with Gasteiger partial charge in [-0.05, 0) is 86.6 Å². The van der Waals surface area contributed by atoms with E-state index in [1.54, 1.807) is 11.3 Å². The Hall–Kier alpha value is -5.51. The lowest BCUT2D eigenvalue weighted by atomic mass is 9.95. The third-order valence-corrected chi connectivity index (χ3v) is 9.79. The number of thiophene rings is 1. The summed E-state index contributed by atoms with van der Waals surface area (Å²) in [4.78, 5) is 7.13. The van der Waals surface area contributed by atoms with Crippen LogP contribution in [0.3, 0.4) is 0 Å². The zero-order valence-corrected chi connectivity index (χ0v) is 24.6. The second-order valence-corrected chi connectivity index (χ2v) is 12.3. The summed E-state index contributed by atoms with van der Waals surface area (Å²) in [6.45, 7) is 0. The van der Waals surface area contributed by atoms with E-state index in [1.165, 1.54) is 58.2 Å². The summed E-state index contributed by atoms with van der Waals surface area (Å²) < 4.78 is 2.44. The number of anilines is 3. The molecule has 2 heterocycles. The number of aromatic nitrogens is 1. The molecule has 9 rings (SSSR count). The number of benzene rings is 7. The normalized spacial score (nSPS) is 11.6. The van der Waals surface area contributed by atoms with Gasteiger partial charge in [-0.15, -0.1) is 11.3 Å². The van der Waals surface area contributed by atoms with Gasteiger partial charge in [-0.25, -0.2) is 0 Å². The molecule has 7 aromatic carbocycles. The topological polar surface area (TPSA) is 16.1 Å². The van der Waals surface area contributed by atoms with Gasteiger partial charge in [0.2, 0.25) is 0 Å². The van der Waals surface area contributed by atoms with E-state index in [4.69, 9.17) is 4.98 Å². The Morgan fingerprint density at radius 1 is 0.432 bits per heavy atom. The SMILES string of the molecule is c1ccc(-c2ccc(N(c3ccc4c(c3)sc3cccnc34)c3cc4c5ccccc5ccc4c4ccccc34)cc2)cc1. The first-order chi connectivity index (χ1) is 21.8. The van der Waals surface area contributed by atoms with Crippen molar-refractivity contribution >= 4 is 81.0 Å². The van der Waals surface area contributed by atoms with E-state index in [9.17, 15) is 0 Å². The van der Waals surface area contributed by atoms with Crippen molar-refractivity contribution in [2.75, 3.05) is 4.90 Å². The van der Waals surface area contributed by atoms with Crippen LogP contribution in [-0.4, -0.2) is 4.98 Å². The van der Waals surface area contributed by atoms with Gasteiger partial charge in [-0.1, -0.05) is 103 Å². The molecule has 206 valence electrons. The first-order valence-electron chi connectivity index (χ1n) is 14.9. The molecule has 2 nitrogen and oxygen atoms in total. The fraction of sp³-hybridized carbons (Fsp3) is 0. The van der Waals surface area contributed by atoms with Crippen LogP contribution in [-0.2, 0) is 0 Å². The quantitative estimate of drug-likeness (QED) is 0.193. The molecule has 0 fully saturated rings. The zero-order chi connectivity index (χ0) is 29.0. The van der Waals surface area contributed by atoms with Crippen LogP contribution in [0.4, 0.5) is 17.1 Å². The molecule has 0 radical (unpaired) electrons. The van der Waals surface area contributed by atoms with Crippen molar-refractivity contribution in [1.29, 1.82) is 0 Å². The lowest BCUT2D eigenvalue weighted by Crippen LogP contribution is -2.10. The summed E-state index contributed by atoms with van der Waals surface area (Å²) in [6, 6.07) is 55.0. The van der Waals surface area contributed by atoms with Crippen LogP contribution in [0.5, 0.6) is 0 Å². The van der Waals surface area contributed by atoms with E-state index in [1.807, 2.05) is 12.3 Å². The maximum absolute atomic E-state index is 4.70. The van der Waals surface area contributed by atoms with Crippen molar-refractivity contribution in [3.8, 4) is 11.1 Å². The molecular weight excluding hydrogens is 553 g/mol. The van der Waals surface area contributed by atoms with E-state index >= 15 is 0 Å². The smallest absolute Gasteiger partial charge is 0.0888 e. The van der Waals surface area contributed by atoms with Crippen LogP contribution in [0.25, 0.3) is 63.7 Å². The summed E-state index contributed by atoms with van der Waals surface area (Å²) in [5, 5.41) is 8.72. The van der Waals surface area contributed by atoms with Gasteiger partial charge in [0.05, 0.1) is 15.9 Å². The molecule has 9 aromatic rings. The highest BCUT2D eigenvalue weighted by molar-refractivity contribution is 7.25. The Kier molecular flexibility index (Phi) is 5.71. The molecule has 0 saturated carbocycles. The molecule has 0 amide bonds. The molecular formula is C41H26N2S. The molecule has 0 aliphatic rings. The second kappa shape index (κ2) is 10.0. The molecule has 0 spiro atoms. The van der Waals surface area contributed by atoms with E-state index < -0.39 is 0 Å². The maximum Gasteiger partial charge on any atom is 0.0888 e. The molecule has 2 aromatic heterocycles. The number of nitrogens with zero attached hydrogens (tertiary/aromatic N) is 2. The Morgan fingerprint density at radius 3 is 1.98 bits per heavy atom. The number of hydrogen-bond acceptors (Lipinski definition) is 3. The van der Waals surface area contributed by atoms with Crippen LogP contribution in [0.1, 0.15) is 0 Å². The summed E-state index contributed by atoms with van der Waals surface area (Å²) in [5.41, 5.74) is 6.90. The predicted molar refractivity (Wildman–Crippen MR) is 190 cm³/mol. The Bertz CT molecular complexity index is 2490. The highest BCUT2D eigenvalue weighted by Crippen LogP contribution is 2.45. The van der Waals surface area contributed by atoms with Crippen LogP contribution in [0.15, 0.2) is 158 Å². The average Bonchev–Trinajstić information content (AvgIpc) is 3.47. The Balaban J connectivity index is 1.33. The van der Waals surface area contributed by atoms with Crippen LogP contribution in [0, 0.1) is 0 Å². The third kappa shape index (κ3) is 3.98. The summed E-state index contributed by atoms with van der Waals surface area (Å²) in [6.07, 6.45) is 1.88. The van der Waals surface area contributed by atoms with Crippen molar-refractivity contribution in [1.82, 2.24) is 4.98 Å². The number of pyridine rings is 1. The second-order valence-electron chi connectivity index (χ2n) is 11.2.